The van der Waals surface area contributed by atoms with E-state index in [9.17, 15) is 45.6 Å². The van der Waals surface area contributed by atoms with Gasteiger partial charge in [0.2, 0.25) is 0 Å². The van der Waals surface area contributed by atoms with Crippen molar-refractivity contribution in [2.24, 2.45) is 0 Å². The number of nitriles is 1. The number of aromatic nitrogens is 6. The predicted molar refractivity (Wildman–Crippen MR) is 147 cm³/mol. The van der Waals surface area contributed by atoms with Gasteiger partial charge in [-0.1, -0.05) is 16.8 Å². The Balaban J connectivity index is 1.74. The zero-order valence-corrected chi connectivity index (χ0v) is 24.8. The van der Waals surface area contributed by atoms with Crippen LogP contribution < -0.4 is 5.32 Å². The number of nitrogens with zero attached hydrogens (tertiary/aromatic N) is 7. The maximum atomic E-state index is 14.1. The van der Waals surface area contributed by atoms with Crippen LogP contribution >= 0.6 is 11.6 Å². The number of pyridine rings is 1. The summed E-state index contributed by atoms with van der Waals surface area (Å²) in [7, 11) is 0. The van der Waals surface area contributed by atoms with Crippen molar-refractivity contribution in [1.29, 1.82) is 5.26 Å². The molecule has 3 aromatic heterocycles. The molecule has 0 unspecified atom stereocenters. The minimum Gasteiger partial charge on any atom is -0.350 e. The molecule has 0 atom stereocenters. The molecule has 3 heterocycles. The second-order valence-corrected chi connectivity index (χ2v) is 10.8. The van der Waals surface area contributed by atoms with Crippen LogP contribution in [-0.4, -0.2) is 59.6 Å². The van der Waals surface area contributed by atoms with E-state index >= 15 is 0 Å². The fourth-order valence-electron chi connectivity index (χ4n) is 4.33. The summed E-state index contributed by atoms with van der Waals surface area (Å²) in [4.78, 5) is 30.9. The summed E-state index contributed by atoms with van der Waals surface area (Å²) in [6.45, 7) is 4.45. The van der Waals surface area contributed by atoms with E-state index in [0.29, 0.717) is 10.2 Å². The van der Waals surface area contributed by atoms with Crippen LogP contribution in [0.4, 0.5) is 30.7 Å². The molecule has 0 aliphatic heterocycles. The third-order valence-electron chi connectivity index (χ3n) is 6.52. The Morgan fingerprint density at radius 1 is 1.11 bits per heavy atom. The van der Waals surface area contributed by atoms with Crippen molar-refractivity contribution in [2.45, 2.75) is 57.8 Å². The van der Waals surface area contributed by atoms with Crippen LogP contribution in [0.1, 0.15) is 62.8 Å². The fraction of sp³-hybridized carbons (Fsp3) is 0.321. The summed E-state index contributed by atoms with van der Waals surface area (Å²) >= 11 is 6.28. The van der Waals surface area contributed by atoms with Crippen LogP contribution in [0.25, 0.3) is 5.82 Å². The summed E-state index contributed by atoms with van der Waals surface area (Å²) in [6.07, 6.45) is -5.42. The molecule has 18 heteroatoms. The Bertz CT molecular complexity index is 1840. The van der Waals surface area contributed by atoms with Crippen LogP contribution in [0.5, 0.6) is 0 Å². The molecule has 0 aliphatic carbocycles. The summed E-state index contributed by atoms with van der Waals surface area (Å²) in [6, 6.07) is 8.63. The third-order valence-corrected chi connectivity index (χ3v) is 6.82. The highest BCUT2D eigenvalue weighted by Crippen LogP contribution is 2.51. The first-order valence-corrected chi connectivity index (χ1v) is 13.6. The van der Waals surface area contributed by atoms with Gasteiger partial charge in [-0.3, -0.25) is 9.59 Å². The van der Waals surface area contributed by atoms with Crippen molar-refractivity contribution in [3.8, 4) is 11.9 Å². The number of hydrogen-bond donors (Lipinski definition) is 1. The maximum Gasteiger partial charge on any atom is 0.460 e. The number of hydrogen-bond acceptors (Lipinski definition) is 7. The Hall–Kier alpha value is -4.85. The molecule has 0 bridgehead atoms. The van der Waals surface area contributed by atoms with Gasteiger partial charge in [0.1, 0.15) is 5.69 Å². The molecule has 1 aromatic carbocycles. The van der Waals surface area contributed by atoms with Gasteiger partial charge in [-0.15, -0.1) is 5.10 Å². The minimum atomic E-state index is -6.57. The van der Waals surface area contributed by atoms with E-state index in [2.05, 4.69) is 25.7 Å². The van der Waals surface area contributed by atoms with Gasteiger partial charge in [0.15, 0.2) is 17.3 Å². The zero-order chi connectivity index (χ0) is 34.2. The molecule has 4 rings (SSSR count). The van der Waals surface area contributed by atoms with E-state index in [1.165, 1.54) is 36.5 Å². The number of Topliss-reactive ketones (excluding diaryl/α,β-unsaturated/α-hetero) is 1. The lowest BCUT2D eigenvalue weighted by Gasteiger charge is -2.26. The first-order chi connectivity index (χ1) is 21.4. The van der Waals surface area contributed by atoms with E-state index in [1.54, 1.807) is 20.8 Å². The lowest BCUT2D eigenvalue weighted by atomic mass is 9.93. The smallest absolute Gasteiger partial charge is 0.350 e. The number of nitrogens with one attached hydrogen (secondary N) is 1. The number of aryl methyl sites for hydroxylation is 1. The first kappa shape index (κ1) is 34.0. The Morgan fingerprint density at radius 3 is 2.41 bits per heavy atom. The minimum absolute atomic E-state index is 0.0369. The van der Waals surface area contributed by atoms with Gasteiger partial charge in [-0.2, -0.15) is 41.1 Å². The zero-order valence-electron chi connectivity index (χ0n) is 24.0. The lowest BCUT2D eigenvalue weighted by molar-refractivity contribution is -0.360. The molecule has 0 spiro atoms. The highest BCUT2D eigenvalue weighted by Gasteiger charge is 2.74. The maximum absolute atomic E-state index is 14.1. The number of alkyl halides is 7. The van der Waals surface area contributed by atoms with Crippen LogP contribution in [0.2, 0.25) is 5.02 Å². The van der Waals surface area contributed by atoms with Gasteiger partial charge in [0.25, 0.3) is 5.91 Å². The topological polar surface area (TPSA) is 131 Å². The molecular weight excluding hydrogens is 649 g/mol. The predicted octanol–water partition coefficient (Wildman–Crippen LogP) is 5.59. The number of rotatable bonds is 10. The monoisotopic (exact) mass is 670 g/mol. The van der Waals surface area contributed by atoms with Gasteiger partial charge in [0, 0.05) is 24.2 Å². The molecular formula is C28H22ClF7N8O2. The van der Waals surface area contributed by atoms with E-state index in [0.717, 1.165) is 4.68 Å². The van der Waals surface area contributed by atoms with Gasteiger partial charge in [-0.05, 0) is 62.2 Å². The van der Waals surface area contributed by atoms with Crippen molar-refractivity contribution in [2.75, 3.05) is 0 Å². The van der Waals surface area contributed by atoms with Gasteiger partial charge in [-0.25, -0.2) is 14.3 Å². The SMILES string of the molecule is Cc1cc(C#N)cc(C(=O)NC(C)C)c1CC(=O)c1cc(Cn2cc(C(F)(F)C(F)(F)C(F)(F)F)nn2)nn1-c1ncccc1Cl. The van der Waals surface area contributed by atoms with E-state index < -0.39 is 42.0 Å². The molecule has 46 heavy (non-hydrogen) atoms. The third kappa shape index (κ3) is 6.57. The highest BCUT2D eigenvalue weighted by atomic mass is 35.5. The van der Waals surface area contributed by atoms with Crippen LogP contribution in [-0.2, 0) is 18.9 Å². The van der Waals surface area contributed by atoms with Crippen molar-refractivity contribution in [3.63, 3.8) is 0 Å². The number of carbonyl (C=O) groups excluding carboxylic acids is 2. The largest absolute Gasteiger partial charge is 0.460 e. The molecule has 10 nitrogen and oxygen atoms in total. The molecule has 0 aliphatic rings. The number of benzene rings is 1. The Morgan fingerprint density at radius 2 is 1.80 bits per heavy atom. The van der Waals surface area contributed by atoms with E-state index in [1.807, 2.05) is 6.07 Å². The summed E-state index contributed by atoms with van der Waals surface area (Å²) in [5, 5.41) is 22.4. The van der Waals surface area contributed by atoms with Gasteiger partial charge >= 0.3 is 18.0 Å². The standard InChI is InChI=1S/C28H22ClF7N8O2/c1-14(2)39-25(46)19-8-16(11-37)7-15(3)18(19)10-22(45)21-9-17(41-44(21)24-20(29)5-4-6-38-24)12-43-13-23(40-42-43)26(30,31)27(32,33)28(34,35)36/h4-9,13-14H,10,12H2,1-3H3,(H,39,46). The summed E-state index contributed by atoms with van der Waals surface area (Å²) < 4.78 is 94.8. The molecule has 0 saturated carbocycles. The number of amides is 1. The van der Waals surface area contributed by atoms with Gasteiger partial charge < -0.3 is 5.32 Å². The van der Waals surface area contributed by atoms with Crippen molar-refractivity contribution in [3.05, 3.63) is 87.1 Å². The van der Waals surface area contributed by atoms with Crippen LogP contribution in [0.3, 0.4) is 0 Å². The second kappa shape index (κ2) is 12.5. The molecule has 4 aromatic rings. The van der Waals surface area contributed by atoms with Gasteiger partial charge in [0.05, 0.1) is 35.1 Å². The number of carbonyl (C=O) groups is 2. The quantitative estimate of drug-likeness (QED) is 0.172. The molecule has 0 fully saturated rings. The average Bonchev–Trinajstić information content (AvgIpc) is 3.61. The van der Waals surface area contributed by atoms with E-state index in [4.69, 9.17) is 11.6 Å². The van der Waals surface area contributed by atoms with Crippen LogP contribution in [0.15, 0.2) is 42.7 Å². The summed E-state index contributed by atoms with van der Waals surface area (Å²) in [5.74, 6) is -13.4. The first-order valence-electron chi connectivity index (χ1n) is 13.2. The lowest BCUT2D eigenvalue weighted by Crippen LogP contribution is -2.50. The van der Waals surface area contributed by atoms with Crippen molar-refractivity contribution >= 4 is 23.3 Å². The Kier molecular flexibility index (Phi) is 9.25. The highest BCUT2D eigenvalue weighted by molar-refractivity contribution is 6.32. The molecule has 1 amide bonds. The normalized spacial score (nSPS) is 12.3. The average molecular weight is 671 g/mol. The van der Waals surface area contributed by atoms with E-state index in [-0.39, 0.29) is 57.6 Å². The second-order valence-electron chi connectivity index (χ2n) is 10.3. The summed E-state index contributed by atoms with van der Waals surface area (Å²) in [5.41, 5.74) is -1.20. The number of ketones is 1. The molecule has 0 saturated heterocycles. The van der Waals surface area contributed by atoms with Crippen LogP contribution in [0, 0.1) is 18.3 Å². The molecule has 1 N–H and O–H groups in total. The van der Waals surface area contributed by atoms with Crippen molar-refractivity contribution < 1.29 is 40.3 Å². The van der Waals surface area contributed by atoms with Crippen molar-refractivity contribution in [1.82, 2.24) is 35.1 Å². The molecule has 0 radical (unpaired) electrons. The molecule has 242 valence electrons. The fourth-order valence-corrected chi connectivity index (χ4v) is 4.54. The Labute approximate surface area is 260 Å². The number of halogens is 8.